The van der Waals surface area contributed by atoms with E-state index < -0.39 is 34.6 Å². The summed E-state index contributed by atoms with van der Waals surface area (Å²) in [5.41, 5.74) is 6.75. The molecule has 1 unspecified atom stereocenters. The van der Waals surface area contributed by atoms with E-state index in [-0.39, 0.29) is 153 Å². The molecule has 0 amide bonds. The highest BCUT2D eigenvalue weighted by Gasteiger charge is 2.33. The zero-order valence-corrected chi connectivity index (χ0v) is 59.1. The van der Waals surface area contributed by atoms with Gasteiger partial charge in [-0.15, -0.1) is 0 Å². The van der Waals surface area contributed by atoms with Crippen LogP contribution < -0.4 is 16.3 Å². The lowest BCUT2D eigenvalue weighted by Crippen LogP contribution is -2.25. The molecule has 12 aromatic rings. The van der Waals surface area contributed by atoms with Crippen LogP contribution in [0.25, 0.3) is 77.8 Å². The Morgan fingerprint density at radius 1 is 0.450 bits per heavy atom. The number of carbonyl (C=O) groups excluding carboxylic acids is 4. The molecule has 24 nitrogen and oxygen atoms in total. The van der Waals surface area contributed by atoms with Gasteiger partial charge in [-0.3, -0.25) is 33.6 Å². The van der Waals surface area contributed by atoms with E-state index in [1.165, 1.54) is 109 Å². The summed E-state index contributed by atoms with van der Waals surface area (Å²) in [6, 6.07) is 40.1. The van der Waals surface area contributed by atoms with Gasteiger partial charge >= 0.3 is 0 Å². The molecule has 0 radical (unpaired) electrons. The molecule has 3 heterocycles. The summed E-state index contributed by atoms with van der Waals surface area (Å²) in [4.78, 5) is 86.9. The van der Waals surface area contributed by atoms with Gasteiger partial charge < -0.3 is 79.6 Å². The number of hydrogen-bond donors (Lipinski definition) is 13. The van der Waals surface area contributed by atoms with Crippen molar-refractivity contribution in [2.24, 2.45) is 0 Å². The average Bonchev–Trinajstić information content (AvgIpc) is 0.962. The number of hydrogen-bond acceptors (Lipinski definition) is 23. The Hall–Kier alpha value is -14.7. The standard InChI is InChI=1S/C17H18O4.C16H12O6.C16H12O5.C16H12O4.C10H9NO.C10H6O3/c1-9(2)4-6-12(18)11-8-14(20)16-13(19)7-5-10(3)15(16)17(11)21;1-7-4-11(19)13-12(5-7)22-16(15(21)14(13)20)8-2-3-9(17)10(18)6-8;1-8-4-12(19)16-13(20)7-14(21-15(16)5-8)9-2-3-10(17)11(18)6-9;1-9-6-12(18)7-15-16(9)13(19)8-14(20-15)10-2-4-11(17)5-3-10;1-8(11-2)7-9-3-5-10(12)6-4-9;11-7-4-5-9(13)10-6(7)2-1-3-8(10)12/h4-5,7-8,12,18-19H,6H2,1-3H3;2-6,17-19,21H,1H3;2-7,17-19H,1H3;2-8,17-18H,1H3;3-7,12H,1H3;1-5,12H/b;;;;8-7-;. The predicted molar refractivity (Wildman–Crippen MR) is 407 cm³/mol. The van der Waals surface area contributed by atoms with Gasteiger partial charge in [-0.05, 0) is 216 Å². The monoisotopic (exact) mass is 1470 g/mol. The number of aryl methyl sites for hydroxylation is 4. The number of allylic oxidation sites excluding steroid dienone is 5. The molecule has 552 valence electrons. The molecule has 0 aliphatic heterocycles. The number of Topliss-reactive ketones (excluding diaryl/α,β-unsaturated/α-hetero) is 1. The Labute approximate surface area is 619 Å². The second-order valence-electron chi connectivity index (χ2n) is 25.2. The number of fused-ring (bicyclic) bond motifs is 5. The maximum Gasteiger partial charge on any atom is 0.238 e. The minimum atomic E-state index is -1.02. The summed E-state index contributed by atoms with van der Waals surface area (Å²) >= 11 is 0. The van der Waals surface area contributed by atoms with Crippen LogP contribution in [0.4, 0.5) is 0 Å². The first-order chi connectivity index (χ1) is 51.6. The van der Waals surface area contributed by atoms with E-state index in [1.54, 1.807) is 101 Å². The smallest absolute Gasteiger partial charge is 0.238 e. The van der Waals surface area contributed by atoms with Crippen LogP contribution in [0, 0.1) is 34.3 Å². The fourth-order valence-electron chi connectivity index (χ4n) is 11.3. The Balaban J connectivity index is 0.000000153. The Morgan fingerprint density at radius 2 is 0.963 bits per heavy atom. The first-order valence-corrected chi connectivity index (χ1v) is 32.9. The van der Waals surface area contributed by atoms with E-state index in [2.05, 4.69) is 4.85 Å². The number of rotatable bonds is 7. The summed E-state index contributed by atoms with van der Waals surface area (Å²) < 4.78 is 16.8. The molecule has 24 heteroatoms. The first kappa shape index (κ1) is 78.4. The average molecular weight is 1470 g/mol. The van der Waals surface area contributed by atoms with E-state index in [4.69, 9.17) is 24.9 Å². The van der Waals surface area contributed by atoms with Crippen molar-refractivity contribution in [2.75, 3.05) is 0 Å². The molecular formula is C85H69NO23. The van der Waals surface area contributed by atoms with Crippen LogP contribution >= 0.6 is 0 Å². The zero-order chi connectivity index (χ0) is 79.6. The van der Waals surface area contributed by atoms with Crippen molar-refractivity contribution >= 4 is 62.1 Å². The van der Waals surface area contributed by atoms with Gasteiger partial charge in [-0.1, -0.05) is 48.1 Å². The number of benzene rings is 9. The van der Waals surface area contributed by atoms with Gasteiger partial charge in [0.2, 0.25) is 11.2 Å². The van der Waals surface area contributed by atoms with Crippen molar-refractivity contribution < 1.29 is 98.8 Å². The minimum absolute atomic E-state index is 0.0261. The minimum Gasteiger partial charge on any atom is -0.508 e. The second-order valence-corrected chi connectivity index (χ2v) is 25.2. The van der Waals surface area contributed by atoms with Crippen LogP contribution in [0.15, 0.2) is 233 Å². The number of phenolic OH excluding ortho intramolecular Hbond substituents is 11. The summed E-state index contributed by atoms with van der Waals surface area (Å²) in [6.07, 6.45) is 6.36. The molecule has 0 fully saturated rings. The third-order valence-corrected chi connectivity index (χ3v) is 16.6. The van der Waals surface area contributed by atoms with E-state index in [0.717, 1.165) is 28.8 Å². The van der Waals surface area contributed by atoms with E-state index in [9.17, 15) is 94.8 Å². The van der Waals surface area contributed by atoms with Gasteiger partial charge in [0.05, 0.1) is 29.2 Å². The molecular weight excluding hydrogens is 1400 g/mol. The Bertz CT molecular complexity index is 6000. The molecule has 9 aromatic carbocycles. The quantitative estimate of drug-likeness (QED) is 0.0400. The fourth-order valence-corrected chi connectivity index (χ4v) is 11.3. The second kappa shape index (κ2) is 33.4. The molecule has 0 saturated heterocycles. The van der Waals surface area contributed by atoms with Gasteiger partial charge in [0.15, 0.2) is 68.4 Å². The number of carbonyl (C=O) groups is 4. The lowest BCUT2D eigenvalue weighted by Gasteiger charge is -2.20. The van der Waals surface area contributed by atoms with Gasteiger partial charge in [0.1, 0.15) is 79.3 Å². The third-order valence-electron chi connectivity index (χ3n) is 16.6. The highest BCUT2D eigenvalue weighted by atomic mass is 16.4. The van der Waals surface area contributed by atoms with Crippen LogP contribution in [0.3, 0.4) is 0 Å². The summed E-state index contributed by atoms with van der Waals surface area (Å²) in [5, 5.41) is 125. The molecule has 0 saturated carbocycles. The largest absolute Gasteiger partial charge is 0.508 e. The lowest BCUT2D eigenvalue weighted by atomic mass is 9.83. The van der Waals surface area contributed by atoms with Gasteiger partial charge in [-0.2, -0.15) is 0 Å². The summed E-state index contributed by atoms with van der Waals surface area (Å²) in [5.74, 6) is -3.22. The maximum atomic E-state index is 12.5. The first-order valence-electron chi connectivity index (χ1n) is 32.9. The fraction of sp³-hybridized carbons (Fsp3) is 0.106. The van der Waals surface area contributed by atoms with Crippen molar-refractivity contribution in [3.05, 3.63) is 297 Å². The van der Waals surface area contributed by atoms with Gasteiger partial charge in [0.25, 0.3) is 0 Å². The van der Waals surface area contributed by atoms with Gasteiger partial charge in [0, 0.05) is 51.6 Å². The van der Waals surface area contributed by atoms with E-state index >= 15 is 0 Å². The molecule has 109 heavy (non-hydrogen) atoms. The van der Waals surface area contributed by atoms with Crippen LogP contribution in [0.1, 0.15) is 96.4 Å². The third kappa shape index (κ3) is 18.3. The molecule has 0 bridgehead atoms. The Morgan fingerprint density at radius 3 is 1.55 bits per heavy atom. The predicted octanol–water partition coefficient (Wildman–Crippen LogP) is 15.4. The normalized spacial score (nSPS) is 12.2. The van der Waals surface area contributed by atoms with Crippen LogP contribution in [-0.2, 0) is 0 Å². The molecule has 3 aromatic heterocycles. The van der Waals surface area contributed by atoms with Crippen molar-refractivity contribution in [1.29, 1.82) is 0 Å². The number of aliphatic hydroxyl groups excluding tert-OH is 1. The van der Waals surface area contributed by atoms with Crippen LogP contribution in [0.2, 0.25) is 0 Å². The molecule has 13 N–H and O–H groups in total. The number of phenols is 11. The summed E-state index contributed by atoms with van der Waals surface area (Å²) in [7, 11) is 0. The molecule has 2 aliphatic rings. The van der Waals surface area contributed by atoms with Crippen molar-refractivity contribution in [2.45, 2.75) is 61.0 Å². The van der Waals surface area contributed by atoms with Crippen molar-refractivity contribution in [3.63, 3.8) is 0 Å². The molecule has 0 spiro atoms. The van der Waals surface area contributed by atoms with Crippen LogP contribution in [0.5, 0.6) is 69.0 Å². The topological polar surface area (TPSA) is 426 Å². The molecule has 1 atom stereocenters. The summed E-state index contributed by atoms with van der Waals surface area (Å²) in [6.45, 7) is 19.2. The number of nitrogens with zero attached hydrogens (tertiary/aromatic N) is 1. The molecule has 2 aliphatic carbocycles. The number of ketones is 4. The van der Waals surface area contributed by atoms with E-state index in [1.807, 2.05) is 19.9 Å². The van der Waals surface area contributed by atoms with Crippen molar-refractivity contribution in [1.82, 2.24) is 0 Å². The Kier molecular flexibility index (Phi) is 24.0. The maximum absolute atomic E-state index is 12.5. The highest BCUT2D eigenvalue weighted by molar-refractivity contribution is 6.26. The number of aliphatic hydroxyl groups is 1. The SMILES string of the molecule is CC(C)=CCC(O)C1=CC(=O)c2c(O)ccc(C)c2C1=O.Cc1cc(O)c2c(=O)c(O)c(-c3ccc(O)c(O)c3)oc2c1.Cc1cc(O)c2c(=O)cc(-c3ccc(O)c(O)c3)oc2c1.Cc1cc(O)cc2oc(-c3ccc(O)cc3)cc(=O)c12.O=C1C=CC(=O)c2c(O)cccc21.[C-]#[N+]/C(C)=C\c1ccc(O)cc1. The van der Waals surface area contributed by atoms with Gasteiger partial charge in [-0.25, -0.2) is 4.85 Å². The lowest BCUT2D eigenvalue weighted by molar-refractivity contribution is 0.0945. The van der Waals surface area contributed by atoms with Crippen molar-refractivity contribution in [3.8, 4) is 103 Å². The molecule has 14 rings (SSSR count). The zero-order valence-electron chi connectivity index (χ0n) is 59.1. The number of aromatic hydroxyl groups is 12. The van der Waals surface area contributed by atoms with E-state index in [0.29, 0.717) is 50.2 Å². The van der Waals surface area contributed by atoms with Crippen LogP contribution in [-0.4, -0.2) is 95.6 Å². The highest BCUT2D eigenvalue weighted by Crippen LogP contribution is 2.39.